The maximum Gasteiger partial charge on any atom is 0.281 e. The first kappa shape index (κ1) is 25.5. The van der Waals surface area contributed by atoms with Crippen LogP contribution in [0.15, 0.2) is 77.6 Å². The second kappa shape index (κ2) is 11.1. The van der Waals surface area contributed by atoms with E-state index in [1.807, 2.05) is 12.1 Å². The molecule has 10 nitrogen and oxygen atoms in total. The van der Waals surface area contributed by atoms with Crippen LogP contribution in [0.2, 0.25) is 0 Å². The Morgan fingerprint density at radius 3 is 2.50 bits per heavy atom. The van der Waals surface area contributed by atoms with Gasteiger partial charge in [0.25, 0.3) is 5.89 Å². The molecular weight excluding hydrogens is 511 g/mol. The minimum Gasteiger partial charge on any atom is -0.354 e. The highest BCUT2D eigenvalue weighted by atomic mass is 19.1. The van der Waals surface area contributed by atoms with Gasteiger partial charge in [-0.05, 0) is 42.7 Å². The van der Waals surface area contributed by atoms with E-state index in [0.717, 1.165) is 43.6 Å². The molecule has 0 spiro atoms. The number of piperidine rings is 1. The standard InChI is InChI=1S/C29H27FN8O2/c1-19(39)32-23-12-16-37(17-13-23)18-20-6-8-22(9-7-20)28-33-29(40-35-28)26-27(21-10-14-31-15-11-21)38(36-34-26)25-5-3-2-4-24(25)30/h2-11,14-15,23H,12-13,16-18H2,1H3,(H,32,39). The second-order valence-electron chi connectivity index (χ2n) is 9.76. The molecule has 4 heterocycles. The van der Waals surface area contributed by atoms with Crippen molar-refractivity contribution < 1.29 is 13.7 Å². The number of para-hydroxylation sites is 1. The van der Waals surface area contributed by atoms with Gasteiger partial charge in [-0.2, -0.15) is 4.98 Å². The average Bonchev–Trinajstić information content (AvgIpc) is 3.63. The summed E-state index contributed by atoms with van der Waals surface area (Å²) in [7, 11) is 0. The molecule has 0 atom stereocenters. The predicted octanol–water partition coefficient (Wildman–Crippen LogP) is 4.29. The molecule has 2 aromatic carbocycles. The van der Waals surface area contributed by atoms with E-state index in [-0.39, 0.29) is 23.5 Å². The van der Waals surface area contributed by atoms with E-state index >= 15 is 0 Å². The smallest absolute Gasteiger partial charge is 0.281 e. The monoisotopic (exact) mass is 538 g/mol. The van der Waals surface area contributed by atoms with Gasteiger partial charge in [-0.15, -0.1) is 5.10 Å². The third-order valence-electron chi connectivity index (χ3n) is 6.95. The lowest BCUT2D eigenvalue weighted by molar-refractivity contribution is -0.119. The van der Waals surface area contributed by atoms with Crippen molar-refractivity contribution in [3.05, 3.63) is 84.4 Å². The van der Waals surface area contributed by atoms with Gasteiger partial charge in [0, 0.05) is 56.1 Å². The van der Waals surface area contributed by atoms with E-state index in [2.05, 4.69) is 47.8 Å². The summed E-state index contributed by atoms with van der Waals surface area (Å²) in [5.74, 6) is 0.189. The zero-order chi connectivity index (χ0) is 27.5. The Balaban J connectivity index is 1.22. The highest BCUT2D eigenvalue weighted by Gasteiger charge is 2.24. The van der Waals surface area contributed by atoms with Crippen LogP contribution in [0, 0.1) is 5.82 Å². The van der Waals surface area contributed by atoms with Gasteiger partial charge >= 0.3 is 0 Å². The Hall–Kier alpha value is -4.77. The molecule has 0 bridgehead atoms. The third-order valence-corrected chi connectivity index (χ3v) is 6.95. The highest BCUT2D eigenvalue weighted by molar-refractivity contribution is 5.76. The predicted molar refractivity (Wildman–Crippen MR) is 145 cm³/mol. The largest absolute Gasteiger partial charge is 0.354 e. The minimum absolute atomic E-state index is 0.0296. The molecule has 3 aromatic heterocycles. The fraction of sp³-hybridized carbons (Fsp3) is 0.241. The Labute approximate surface area is 229 Å². The Kier molecular flexibility index (Phi) is 7.11. The van der Waals surface area contributed by atoms with Crippen LogP contribution in [0.5, 0.6) is 0 Å². The molecule has 1 aliphatic rings. The van der Waals surface area contributed by atoms with Crippen LogP contribution in [0.1, 0.15) is 25.3 Å². The van der Waals surface area contributed by atoms with Gasteiger partial charge in [0.05, 0.1) is 0 Å². The van der Waals surface area contributed by atoms with Gasteiger partial charge in [-0.3, -0.25) is 14.7 Å². The van der Waals surface area contributed by atoms with Crippen molar-refractivity contribution in [2.45, 2.75) is 32.4 Å². The van der Waals surface area contributed by atoms with Crippen LogP contribution in [-0.4, -0.2) is 60.1 Å². The number of likely N-dealkylation sites (tertiary alicyclic amines) is 1. The Morgan fingerprint density at radius 1 is 1.02 bits per heavy atom. The molecule has 11 heteroatoms. The number of carbonyl (C=O) groups excluding carboxylic acids is 1. The first-order chi connectivity index (χ1) is 19.5. The number of rotatable bonds is 7. The van der Waals surface area contributed by atoms with E-state index in [4.69, 9.17) is 4.52 Å². The quantitative estimate of drug-likeness (QED) is 0.327. The van der Waals surface area contributed by atoms with E-state index in [9.17, 15) is 9.18 Å². The number of pyridine rings is 1. The molecule has 1 aliphatic heterocycles. The third kappa shape index (κ3) is 5.36. The number of halogens is 1. The number of carbonyl (C=O) groups is 1. The first-order valence-electron chi connectivity index (χ1n) is 13.1. The van der Waals surface area contributed by atoms with Crippen molar-refractivity contribution in [1.82, 2.24) is 40.3 Å². The maximum atomic E-state index is 14.7. The lowest BCUT2D eigenvalue weighted by atomic mass is 10.0. The normalized spacial score (nSPS) is 14.3. The lowest BCUT2D eigenvalue weighted by Gasteiger charge is -2.32. The number of hydrogen-bond acceptors (Lipinski definition) is 8. The number of nitrogens with one attached hydrogen (secondary N) is 1. The van der Waals surface area contributed by atoms with Crippen LogP contribution in [-0.2, 0) is 11.3 Å². The number of amides is 1. The fourth-order valence-corrected chi connectivity index (χ4v) is 4.96. The van der Waals surface area contributed by atoms with Crippen LogP contribution in [0.3, 0.4) is 0 Å². The van der Waals surface area contributed by atoms with Gasteiger partial charge < -0.3 is 9.84 Å². The average molecular weight is 539 g/mol. The van der Waals surface area contributed by atoms with Gasteiger partial charge in [0.15, 0.2) is 5.69 Å². The van der Waals surface area contributed by atoms with Gasteiger partial charge in [0.2, 0.25) is 11.7 Å². The Morgan fingerprint density at radius 2 is 1.77 bits per heavy atom. The Bertz CT molecular complexity index is 1610. The number of nitrogens with zero attached hydrogens (tertiary/aromatic N) is 7. The topological polar surface area (TPSA) is 115 Å². The SMILES string of the molecule is CC(=O)NC1CCN(Cc2ccc(-c3noc(-c4nnn(-c5ccccc5F)c4-c4ccncc4)n3)cc2)CC1. The summed E-state index contributed by atoms with van der Waals surface area (Å²) in [6.07, 6.45) is 5.19. The zero-order valence-corrected chi connectivity index (χ0v) is 21.9. The fourth-order valence-electron chi connectivity index (χ4n) is 4.96. The molecule has 0 saturated carbocycles. The summed E-state index contributed by atoms with van der Waals surface area (Å²) in [6, 6.07) is 18.2. The first-order valence-corrected chi connectivity index (χ1v) is 13.1. The summed E-state index contributed by atoms with van der Waals surface area (Å²) < 4.78 is 21.7. The number of aromatic nitrogens is 6. The minimum atomic E-state index is -0.433. The molecule has 6 rings (SSSR count). The molecule has 1 saturated heterocycles. The molecule has 1 fully saturated rings. The summed E-state index contributed by atoms with van der Waals surface area (Å²) in [5.41, 5.74) is 3.81. The van der Waals surface area contributed by atoms with Crippen molar-refractivity contribution in [3.63, 3.8) is 0 Å². The van der Waals surface area contributed by atoms with Crippen molar-refractivity contribution in [2.24, 2.45) is 0 Å². The maximum absolute atomic E-state index is 14.7. The molecule has 5 aromatic rings. The summed E-state index contributed by atoms with van der Waals surface area (Å²) in [5, 5.41) is 15.7. The zero-order valence-electron chi connectivity index (χ0n) is 21.9. The summed E-state index contributed by atoms with van der Waals surface area (Å²) in [6.45, 7) is 4.28. The summed E-state index contributed by atoms with van der Waals surface area (Å²) >= 11 is 0. The molecule has 0 radical (unpaired) electrons. The van der Waals surface area contributed by atoms with E-state index in [1.54, 1.807) is 49.6 Å². The second-order valence-corrected chi connectivity index (χ2v) is 9.76. The molecule has 0 unspecified atom stereocenters. The van der Waals surface area contributed by atoms with Crippen molar-refractivity contribution in [2.75, 3.05) is 13.1 Å². The van der Waals surface area contributed by atoms with Gasteiger partial charge in [-0.1, -0.05) is 46.8 Å². The van der Waals surface area contributed by atoms with E-state index in [1.165, 1.54) is 16.3 Å². The van der Waals surface area contributed by atoms with Crippen LogP contribution < -0.4 is 5.32 Å². The van der Waals surface area contributed by atoms with Crippen LogP contribution >= 0.6 is 0 Å². The van der Waals surface area contributed by atoms with Crippen LogP contribution in [0.25, 0.3) is 39.9 Å². The molecule has 0 aliphatic carbocycles. The number of benzene rings is 2. The van der Waals surface area contributed by atoms with Crippen molar-refractivity contribution in [1.29, 1.82) is 0 Å². The van der Waals surface area contributed by atoms with E-state index < -0.39 is 5.82 Å². The molecule has 1 N–H and O–H groups in total. The van der Waals surface area contributed by atoms with Crippen molar-refractivity contribution >= 4 is 5.91 Å². The van der Waals surface area contributed by atoms with Crippen LogP contribution in [0.4, 0.5) is 4.39 Å². The van der Waals surface area contributed by atoms with Gasteiger partial charge in [0.1, 0.15) is 17.2 Å². The molecule has 1 amide bonds. The highest BCUT2D eigenvalue weighted by Crippen LogP contribution is 2.32. The summed E-state index contributed by atoms with van der Waals surface area (Å²) in [4.78, 5) is 22.4. The van der Waals surface area contributed by atoms with Crippen molar-refractivity contribution in [3.8, 4) is 39.9 Å². The van der Waals surface area contributed by atoms with E-state index in [0.29, 0.717) is 17.2 Å². The number of hydrogen-bond donors (Lipinski definition) is 1. The molecule has 202 valence electrons. The molecular formula is C29H27FN8O2. The lowest BCUT2D eigenvalue weighted by Crippen LogP contribution is -2.43. The van der Waals surface area contributed by atoms with Gasteiger partial charge in [-0.25, -0.2) is 9.07 Å². The molecule has 40 heavy (non-hydrogen) atoms.